The van der Waals surface area contributed by atoms with Crippen LogP contribution in [-0.4, -0.2) is 44.4 Å². The Morgan fingerprint density at radius 3 is 2.47 bits per heavy atom. The molecule has 0 atom stereocenters. The lowest BCUT2D eigenvalue weighted by molar-refractivity contribution is -0.0826. The molecule has 1 radical (unpaired) electrons. The van der Waals surface area contributed by atoms with E-state index in [2.05, 4.69) is 10.4 Å². The number of rotatable bonds is 4. The number of hydrogen-bond donors (Lipinski definition) is 2. The Balaban J connectivity index is 1.88. The first kappa shape index (κ1) is 22.7. The maximum Gasteiger partial charge on any atom is 0.276 e. The summed E-state index contributed by atoms with van der Waals surface area (Å²) in [6, 6.07) is 5.81. The number of likely N-dealkylation sites (tertiary alicyclic amines) is 1. The van der Waals surface area contributed by atoms with Crippen molar-refractivity contribution in [2.24, 2.45) is 12.5 Å². The average Bonchev–Trinajstić information content (AvgIpc) is 2.62. The third kappa shape index (κ3) is 4.36. The molecule has 1 fully saturated rings. The van der Waals surface area contributed by atoms with E-state index in [-0.39, 0.29) is 35.6 Å². The van der Waals surface area contributed by atoms with Crippen LogP contribution in [0.25, 0.3) is 0 Å². The zero-order valence-corrected chi connectivity index (χ0v) is 19.7. The van der Waals surface area contributed by atoms with E-state index in [0.717, 1.165) is 14.2 Å². The number of nitrogens with zero attached hydrogens (tertiary/aromatic N) is 3. The van der Waals surface area contributed by atoms with Crippen molar-refractivity contribution < 1.29 is 14.3 Å². The molecule has 1 amide bonds. The van der Waals surface area contributed by atoms with E-state index in [9.17, 15) is 19.1 Å². The lowest BCUT2D eigenvalue weighted by Gasteiger charge is -2.52. The zero-order chi connectivity index (χ0) is 22.4. The van der Waals surface area contributed by atoms with E-state index < -0.39 is 22.9 Å². The standard InChI is InChI=1S/C21H25FIN4O3/c1-12(20(2,3)4)21(30)10-27(11-21)19(29)18-16(9-17(28)26(5)25-18)24-15-7-6-13(23)8-14(15)22/h6-9,24,30H,10-11H2,1-5H3. The van der Waals surface area contributed by atoms with Gasteiger partial charge in [-0.15, -0.1) is 0 Å². The van der Waals surface area contributed by atoms with Gasteiger partial charge in [-0.3, -0.25) is 9.59 Å². The van der Waals surface area contributed by atoms with Crippen molar-refractivity contribution >= 4 is 39.9 Å². The van der Waals surface area contributed by atoms with E-state index in [1.54, 1.807) is 6.07 Å². The van der Waals surface area contributed by atoms with Gasteiger partial charge >= 0.3 is 0 Å². The Bertz CT molecular complexity index is 1040. The monoisotopic (exact) mass is 527 g/mol. The minimum Gasteiger partial charge on any atom is -0.386 e. The second-order valence-electron chi connectivity index (χ2n) is 8.69. The molecular formula is C21H25FIN4O3. The van der Waals surface area contributed by atoms with Gasteiger partial charge in [-0.05, 0) is 46.2 Å². The number of halogens is 2. The van der Waals surface area contributed by atoms with Gasteiger partial charge in [0.2, 0.25) is 0 Å². The van der Waals surface area contributed by atoms with Gasteiger partial charge < -0.3 is 15.3 Å². The number of benzene rings is 1. The average molecular weight is 527 g/mol. The van der Waals surface area contributed by atoms with Gasteiger partial charge in [0, 0.05) is 22.6 Å². The van der Waals surface area contributed by atoms with Gasteiger partial charge in [0.05, 0.1) is 24.5 Å². The summed E-state index contributed by atoms with van der Waals surface area (Å²) < 4.78 is 16.1. The third-order valence-electron chi connectivity index (χ3n) is 5.51. The molecule has 161 valence electrons. The second-order valence-corrected chi connectivity index (χ2v) is 9.93. The largest absolute Gasteiger partial charge is 0.386 e. The molecule has 1 aliphatic heterocycles. The van der Waals surface area contributed by atoms with Gasteiger partial charge in [0.25, 0.3) is 11.5 Å². The summed E-state index contributed by atoms with van der Waals surface area (Å²) in [7, 11) is 1.44. The topological polar surface area (TPSA) is 87.5 Å². The van der Waals surface area contributed by atoms with Gasteiger partial charge in [-0.25, -0.2) is 9.07 Å². The van der Waals surface area contributed by atoms with Crippen LogP contribution in [0.4, 0.5) is 15.8 Å². The lowest BCUT2D eigenvalue weighted by atomic mass is 9.68. The number of amides is 1. The van der Waals surface area contributed by atoms with Crippen LogP contribution in [0.15, 0.2) is 29.1 Å². The summed E-state index contributed by atoms with van der Waals surface area (Å²) in [5.74, 6) is -0.0492. The Kier molecular flexibility index (Phi) is 5.98. The third-order valence-corrected chi connectivity index (χ3v) is 6.18. The minimum atomic E-state index is -1.07. The van der Waals surface area contributed by atoms with Crippen LogP contribution in [-0.2, 0) is 7.05 Å². The summed E-state index contributed by atoms with van der Waals surface area (Å²) in [4.78, 5) is 26.7. The number of hydrogen-bond acceptors (Lipinski definition) is 5. The molecule has 9 heteroatoms. The van der Waals surface area contributed by atoms with Crippen molar-refractivity contribution in [1.29, 1.82) is 0 Å². The molecule has 1 aromatic carbocycles. The molecule has 30 heavy (non-hydrogen) atoms. The fourth-order valence-corrected chi connectivity index (χ4v) is 3.79. The predicted molar refractivity (Wildman–Crippen MR) is 121 cm³/mol. The van der Waals surface area contributed by atoms with Gasteiger partial charge in [-0.1, -0.05) is 27.7 Å². The molecule has 1 aliphatic rings. The quantitative estimate of drug-likeness (QED) is 0.597. The van der Waals surface area contributed by atoms with E-state index >= 15 is 0 Å². The molecule has 1 saturated heterocycles. The van der Waals surface area contributed by atoms with E-state index in [4.69, 9.17) is 0 Å². The van der Waals surface area contributed by atoms with Crippen LogP contribution >= 0.6 is 22.6 Å². The smallest absolute Gasteiger partial charge is 0.276 e. The van der Waals surface area contributed by atoms with Gasteiger partial charge in [0.1, 0.15) is 11.4 Å². The minimum absolute atomic E-state index is 0.00879. The lowest BCUT2D eigenvalue weighted by Crippen LogP contribution is -2.67. The van der Waals surface area contributed by atoms with Crippen molar-refractivity contribution in [2.45, 2.75) is 33.3 Å². The summed E-state index contributed by atoms with van der Waals surface area (Å²) >= 11 is 2.00. The van der Waals surface area contributed by atoms with E-state index in [1.807, 2.05) is 50.3 Å². The van der Waals surface area contributed by atoms with Crippen LogP contribution in [0.1, 0.15) is 38.2 Å². The Labute approximate surface area is 188 Å². The first-order valence-corrected chi connectivity index (χ1v) is 10.6. The van der Waals surface area contributed by atoms with Crippen molar-refractivity contribution in [3.05, 3.63) is 55.6 Å². The molecular weight excluding hydrogens is 502 g/mol. The van der Waals surface area contributed by atoms with Crippen LogP contribution in [0, 0.1) is 20.7 Å². The summed E-state index contributed by atoms with van der Waals surface area (Å²) in [6.07, 6.45) is 0. The van der Waals surface area contributed by atoms with Crippen molar-refractivity contribution in [3.63, 3.8) is 0 Å². The van der Waals surface area contributed by atoms with Gasteiger partial charge in [0.15, 0.2) is 5.69 Å². The molecule has 1 aromatic heterocycles. The molecule has 0 unspecified atom stereocenters. The SMILES string of the molecule is C[C](C(C)(C)C)C1(O)CN(C(=O)c2nn(C)c(=O)cc2Nc2ccc(I)cc2F)C1. The first-order chi connectivity index (χ1) is 13.8. The fraction of sp³-hybridized carbons (Fsp3) is 0.429. The number of anilines is 2. The predicted octanol–water partition coefficient (Wildman–Crippen LogP) is 3.09. The highest BCUT2D eigenvalue weighted by atomic mass is 127. The molecule has 0 aliphatic carbocycles. The van der Waals surface area contributed by atoms with Crippen molar-refractivity contribution in [2.75, 3.05) is 18.4 Å². The first-order valence-electron chi connectivity index (χ1n) is 9.48. The molecule has 3 rings (SSSR count). The van der Waals surface area contributed by atoms with Crippen molar-refractivity contribution in [1.82, 2.24) is 14.7 Å². The molecule has 0 spiro atoms. The number of nitrogens with one attached hydrogen (secondary N) is 1. The van der Waals surface area contributed by atoms with Crippen LogP contribution in [0.5, 0.6) is 0 Å². The molecule has 2 N–H and O–H groups in total. The number of aliphatic hydroxyl groups is 1. The van der Waals surface area contributed by atoms with Crippen LogP contribution < -0.4 is 10.9 Å². The van der Waals surface area contributed by atoms with E-state index in [0.29, 0.717) is 0 Å². The Hall–Kier alpha value is -2.01. The second kappa shape index (κ2) is 7.92. The molecule has 2 heterocycles. The molecule has 0 saturated carbocycles. The Morgan fingerprint density at radius 1 is 1.27 bits per heavy atom. The maximum absolute atomic E-state index is 14.3. The number of aryl methyl sites for hydroxylation is 1. The highest BCUT2D eigenvalue weighted by Crippen LogP contribution is 2.42. The number of aromatic nitrogens is 2. The molecule has 7 nitrogen and oxygen atoms in total. The van der Waals surface area contributed by atoms with Crippen LogP contribution in [0.3, 0.4) is 0 Å². The Morgan fingerprint density at radius 2 is 1.90 bits per heavy atom. The summed E-state index contributed by atoms with van der Waals surface area (Å²) in [6.45, 7) is 8.19. The zero-order valence-electron chi connectivity index (χ0n) is 17.6. The normalized spacial score (nSPS) is 15.8. The maximum atomic E-state index is 14.3. The highest BCUT2D eigenvalue weighted by Gasteiger charge is 2.51. The molecule has 2 aromatic rings. The summed E-state index contributed by atoms with van der Waals surface area (Å²) in [5, 5.41) is 17.8. The fourth-order valence-electron chi connectivity index (χ4n) is 3.34. The highest BCUT2D eigenvalue weighted by molar-refractivity contribution is 14.1. The molecule has 0 bridgehead atoms. The number of carbonyl (C=O) groups is 1. The van der Waals surface area contributed by atoms with Gasteiger partial charge in [-0.2, -0.15) is 5.10 Å². The van der Waals surface area contributed by atoms with Crippen LogP contribution in [0.2, 0.25) is 0 Å². The number of carbonyl (C=O) groups excluding carboxylic acids is 1. The van der Waals surface area contributed by atoms with Crippen molar-refractivity contribution in [3.8, 4) is 0 Å². The number of β-amino-alcohol motifs (C(OH)–C–C–N with tert-alkyl or cyclic N) is 1. The van der Waals surface area contributed by atoms with E-state index in [1.165, 1.54) is 30.1 Å². The summed E-state index contributed by atoms with van der Waals surface area (Å²) in [5.41, 5.74) is -1.45.